The minimum absolute atomic E-state index is 0.237. The van der Waals surface area contributed by atoms with Crippen LogP contribution in [0.5, 0.6) is 0 Å². The molecule has 0 aliphatic rings. The van der Waals surface area contributed by atoms with Crippen molar-refractivity contribution in [3.8, 4) is 0 Å². The number of carbonyl (C=O) groups excluding carboxylic acids is 1. The second-order valence-electron chi connectivity index (χ2n) is 3.34. The van der Waals surface area contributed by atoms with Gasteiger partial charge in [0.15, 0.2) is 0 Å². The van der Waals surface area contributed by atoms with Crippen LogP contribution in [0.1, 0.15) is 26.3 Å². The highest BCUT2D eigenvalue weighted by atomic mass is 16.5. The summed E-state index contributed by atoms with van der Waals surface area (Å²) in [6.07, 6.45) is 0. The third kappa shape index (κ3) is 2.94. The zero-order chi connectivity index (χ0) is 11.3. The van der Waals surface area contributed by atoms with Crippen molar-refractivity contribution in [2.45, 2.75) is 20.8 Å². The molecule has 0 unspecified atom stereocenters. The standard InChI is InChI=1S/C13H16O2/c1-4-15-13(14)11(3)10(2)12-8-6-5-7-9-12/h5-9H,4H2,1-3H3/b11-10+. The number of ether oxygens (including phenoxy) is 1. The second-order valence-corrected chi connectivity index (χ2v) is 3.34. The van der Waals surface area contributed by atoms with Gasteiger partial charge in [-0.2, -0.15) is 0 Å². The van der Waals surface area contributed by atoms with E-state index in [1.807, 2.05) is 44.2 Å². The van der Waals surface area contributed by atoms with Crippen molar-refractivity contribution in [2.24, 2.45) is 0 Å². The number of benzene rings is 1. The van der Waals surface area contributed by atoms with Gasteiger partial charge in [0.05, 0.1) is 6.61 Å². The van der Waals surface area contributed by atoms with Crippen LogP contribution < -0.4 is 0 Å². The van der Waals surface area contributed by atoms with E-state index in [1.165, 1.54) is 0 Å². The van der Waals surface area contributed by atoms with Crippen molar-refractivity contribution in [1.29, 1.82) is 0 Å². The highest BCUT2D eigenvalue weighted by Gasteiger charge is 2.09. The first-order chi connectivity index (χ1) is 7.16. The lowest BCUT2D eigenvalue weighted by molar-refractivity contribution is -0.138. The average Bonchev–Trinajstić information content (AvgIpc) is 2.28. The number of esters is 1. The Hall–Kier alpha value is -1.57. The summed E-state index contributed by atoms with van der Waals surface area (Å²) in [4.78, 5) is 11.5. The van der Waals surface area contributed by atoms with Gasteiger partial charge in [-0.15, -0.1) is 0 Å². The Kier molecular flexibility index (Phi) is 4.10. The number of hydrogen-bond donors (Lipinski definition) is 0. The number of allylic oxidation sites excluding steroid dienone is 1. The fourth-order valence-electron chi connectivity index (χ4n) is 1.30. The van der Waals surface area contributed by atoms with E-state index in [9.17, 15) is 4.79 Å². The van der Waals surface area contributed by atoms with E-state index >= 15 is 0 Å². The maximum Gasteiger partial charge on any atom is 0.333 e. The molecule has 0 saturated carbocycles. The molecule has 0 N–H and O–H groups in total. The van der Waals surface area contributed by atoms with Gasteiger partial charge in [-0.3, -0.25) is 0 Å². The highest BCUT2D eigenvalue weighted by Crippen LogP contribution is 2.18. The molecule has 0 radical (unpaired) electrons. The van der Waals surface area contributed by atoms with Crippen LogP contribution in [0, 0.1) is 0 Å². The quantitative estimate of drug-likeness (QED) is 0.558. The van der Waals surface area contributed by atoms with Gasteiger partial charge >= 0.3 is 5.97 Å². The van der Waals surface area contributed by atoms with Crippen LogP contribution in [0.2, 0.25) is 0 Å². The summed E-state index contributed by atoms with van der Waals surface area (Å²) in [5, 5.41) is 0. The number of carbonyl (C=O) groups is 1. The first-order valence-corrected chi connectivity index (χ1v) is 5.06. The molecule has 15 heavy (non-hydrogen) atoms. The van der Waals surface area contributed by atoms with E-state index in [1.54, 1.807) is 6.92 Å². The largest absolute Gasteiger partial charge is 0.463 e. The van der Waals surface area contributed by atoms with Crippen LogP contribution in [0.25, 0.3) is 5.57 Å². The van der Waals surface area contributed by atoms with Crippen molar-refractivity contribution in [3.63, 3.8) is 0 Å². The molecule has 0 bridgehead atoms. The van der Waals surface area contributed by atoms with Crippen molar-refractivity contribution in [2.75, 3.05) is 6.61 Å². The van der Waals surface area contributed by atoms with Crippen molar-refractivity contribution in [3.05, 3.63) is 41.5 Å². The van der Waals surface area contributed by atoms with Gasteiger partial charge in [0.2, 0.25) is 0 Å². The minimum Gasteiger partial charge on any atom is -0.463 e. The van der Waals surface area contributed by atoms with Gasteiger partial charge in [-0.1, -0.05) is 30.3 Å². The number of rotatable bonds is 3. The number of hydrogen-bond acceptors (Lipinski definition) is 2. The first kappa shape index (κ1) is 11.5. The lowest BCUT2D eigenvalue weighted by Crippen LogP contribution is -2.06. The molecule has 0 heterocycles. The van der Waals surface area contributed by atoms with Gasteiger partial charge in [0, 0.05) is 5.57 Å². The summed E-state index contributed by atoms with van der Waals surface area (Å²) < 4.78 is 4.95. The van der Waals surface area contributed by atoms with Crippen LogP contribution in [0.4, 0.5) is 0 Å². The lowest BCUT2D eigenvalue weighted by atomic mass is 10.0. The highest BCUT2D eigenvalue weighted by molar-refractivity contribution is 5.96. The van der Waals surface area contributed by atoms with Crippen LogP contribution in [-0.4, -0.2) is 12.6 Å². The average molecular weight is 204 g/mol. The smallest absolute Gasteiger partial charge is 0.333 e. The van der Waals surface area contributed by atoms with E-state index < -0.39 is 0 Å². The SMILES string of the molecule is CCOC(=O)/C(C)=C(\C)c1ccccc1. The maximum absolute atomic E-state index is 11.5. The predicted octanol–water partition coefficient (Wildman–Crippen LogP) is 3.04. The molecule has 0 atom stereocenters. The molecular weight excluding hydrogens is 188 g/mol. The molecule has 0 aliphatic carbocycles. The van der Waals surface area contributed by atoms with Crippen LogP contribution in [0.15, 0.2) is 35.9 Å². The normalized spacial score (nSPS) is 11.9. The Morgan fingerprint density at radius 3 is 2.33 bits per heavy atom. The molecule has 0 spiro atoms. The predicted molar refractivity (Wildman–Crippen MR) is 61.3 cm³/mol. The van der Waals surface area contributed by atoms with Gasteiger partial charge in [0.1, 0.15) is 0 Å². The van der Waals surface area contributed by atoms with E-state index in [-0.39, 0.29) is 5.97 Å². The van der Waals surface area contributed by atoms with Crippen LogP contribution >= 0.6 is 0 Å². The molecule has 0 amide bonds. The van der Waals surface area contributed by atoms with Gasteiger partial charge in [0.25, 0.3) is 0 Å². The fourth-order valence-corrected chi connectivity index (χ4v) is 1.30. The Morgan fingerprint density at radius 2 is 1.80 bits per heavy atom. The summed E-state index contributed by atoms with van der Waals surface area (Å²) in [5.41, 5.74) is 2.69. The van der Waals surface area contributed by atoms with E-state index in [2.05, 4.69) is 0 Å². The Labute approximate surface area is 90.6 Å². The summed E-state index contributed by atoms with van der Waals surface area (Å²) in [5.74, 6) is -0.237. The summed E-state index contributed by atoms with van der Waals surface area (Å²) in [6.45, 7) is 5.95. The monoisotopic (exact) mass is 204 g/mol. The Bertz CT molecular complexity index is 363. The third-order valence-electron chi connectivity index (χ3n) is 2.35. The zero-order valence-electron chi connectivity index (χ0n) is 9.41. The molecule has 1 aromatic rings. The summed E-state index contributed by atoms with van der Waals surface area (Å²) in [6, 6.07) is 9.83. The molecule has 0 aliphatic heterocycles. The third-order valence-corrected chi connectivity index (χ3v) is 2.35. The fraction of sp³-hybridized carbons (Fsp3) is 0.308. The summed E-state index contributed by atoms with van der Waals surface area (Å²) in [7, 11) is 0. The molecule has 80 valence electrons. The molecule has 0 fully saturated rings. The maximum atomic E-state index is 11.5. The molecule has 1 aromatic carbocycles. The zero-order valence-corrected chi connectivity index (χ0v) is 9.41. The van der Waals surface area contributed by atoms with Crippen molar-refractivity contribution < 1.29 is 9.53 Å². The van der Waals surface area contributed by atoms with E-state index in [0.717, 1.165) is 11.1 Å². The molecule has 0 saturated heterocycles. The van der Waals surface area contributed by atoms with E-state index in [4.69, 9.17) is 4.74 Å². The van der Waals surface area contributed by atoms with Crippen LogP contribution in [-0.2, 0) is 9.53 Å². The summed E-state index contributed by atoms with van der Waals surface area (Å²) >= 11 is 0. The molecule has 2 heteroatoms. The Morgan fingerprint density at radius 1 is 1.20 bits per heavy atom. The van der Waals surface area contributed by atoms with E-state index in [0.29, 0.717) is 12.2 Å². The molecule has 0 aromatic heterocycles. The van der Waals surface area contributed by atoms with Gasteiger partial charge in [-0.25, -0.2) is 4.79 Å². The second kappa shape index (κ2) is 5.35. The molecular formula is C13H16O2. The van der Waals surface area contributed by atoms with Gasteiger partial charge in [-0.05, 0) is 31.9 Å². The van der Waals surface area contributed by atoms with Crippen molar-refractivity contribution in [1.82, 2.24) is 0 Å². The molecule has 2 nitrogen and oxygen atoms in total. The van der Waals surface area contributed by atoms with Crippen molar-refractivity contribution >= 4 is 11.5 Å². The van der Waals surface area contributed by atoms with Gasteiger partial charge < -0.3 is 4.74 Å². The lowest BCUT2D eigenvalue weighted by Gasteiger charge is -2.07. The first-order valence-electron chi connectivity index (χ1n) is 5.06. The minimum atomic E-state index is -0.237. The molecule has 1 rings (SSSR count). The van der Waals surface area contributed by atoms with Crippen LogP contribution in [0.3, 0.4) is 0 Å². The topological polar surface area (TPSA) is 26.3 Å². The Balaban J connectivity index is 2.95.